The monoisotopic (exact) mass is 324 g/mol. The van der Waals surface area contributed by atoms with Crippen molar-refractivity contribution in [3.63, 3.8) is 0 Å². The van der Waals surface area contributed by atoms with Gasteiger partial charge in [-0.3, -0.25) is 14.9 Å². The maximum atomic E-state index is 13.2. The molecule has 0 saturated heterocycles. The third-order valence-corrected chi connectivity index (χ3v) is 4.53. The van der Waals surface area contributed by atoms with E-state index in [0.717, 1.165) is 37.5 Å². The molecule has 0 heterocycles. The van der Waals surface area contributed by atoms with E-state index < -0.39 is 10.7 Å². The maximum absolute atomic E-state index is 13.2. The Hall–Kier alpha value is -2.18. The average Bonchev–Trinajstić information content (AvgIpc) is 2.49. The summed E-state index contributed by atoms with van der Waals surface area (Å²) in [7, 11) is 0. The van der Waals surface area contributed by atoms with Crippen LogP contribution in [0.1, 0.15) is 33.1 Å². The van der Waals surface area contributed by atoms with E-state index >= 15 is 0 Å². The fourth-order valence-corrected chi connectivity index (χ4v) is 2.93. The summed E-state index contributed by atoms with van der Waals surface area (Å²) in [6.45, 7) is 3.89. The van der Waals surface area contributed by atoms with E-state index in [4.69, 9.17) is 4.74 Å². The highest BCUT2D eigenvalue weighted by molar-refractivity contribution is 5.78. The second-order valence-electron chi connectivity index (χ2n) is 6.10. The molecule has 0 radical (unpaired) electrons. The zero-order valence-electron chi connectivity index (χ0n) is 13.3. The summed E-state index contributed by atoms with van der Waals surface area (Å²) in [5, 5.41) is 13.8. The van der Waals surface area contributed by atoms with Crippen molar-refractivity contribution in [1.82, 2.24) is 5.32 Å². The molecule has 2 rings (SSSR count). The molecule has 126 valence electrons. The maximum Gasteiger partial charge on any atom is 0.311 e. The number of hydrogen-bond acceptors (Lipinski definition) is 4. The van der Waals surface area contributed by atoms with E-state index in [9.17, 15) is 19.3 Å². The van der Waals surface area contributed by atoms with Gasteiger partial charge in [-0.15, -0.1) is 0 Å². The predicted molar refractivity (Wildman–Crippen MR) is 82.7 cm³/mol. The molecule has 0 aliphatic heterocycles. The number of nitro benzene ring substituents is 1. The fourth-order valence-electron chi connectivity index (χ4n) is 2.93. The molecular weight excluding hydrogens is 303 g/mol. The third-order valence-electron chi connectivity index (χ3n) is 4.53. The van der Waals surface area contributed by atoms with Crippen LogP contribution < -0.4 is 10.1 Å². The Morgan fingerprint density at radius 1 is 1.43 bits per heavy atom. The van der Waals surface area contributed by atoms with Crippen LogP contribution in [0.15, 0.2) is 18.2 Å². The largest absolute Gasteiger partial charge is 0.477 e. The lowest BCUT2D eigenvalue weighted by Gasteiger charge is -2.34. The molecule has 1 aliphatic carbocycles. The third kappa shape index (κ3) is 4.40. The van der Waals surface area contributed by atoms with Crippen molar-refractivity contribution in [2.24, 2.45) is 11.8 Å². The van der Waals surface area contributed by atoms with Gasteiger partial charge in [0, 0.05) is 18.2 Å². The molecule has 0 aromatic heterocycles. The summed E-state index contributed by atoms with van der Waals surface area (Å²) in [5.41, 5.74) is -0.362. The van der Waals surface area contributed by atoms with E-state index in [1.807, 2.05) is 0 Å². The first-order valence-electron chi connectivity index (χ1n) is 7.74. The molecule has 1 fully saturated rings. The zero-order chi connectivity index (χ0) is 17.0. The lowest BCUT2D eigenvalue weighted by molar-refractivity contribution is -0.385. The van der Waals surface area contributed by atoms with Gasteiger partial charge in [-0.2, -0.15) is 0 Å². The molecule has 1 aromatic rings. The lowest BCUT2D eigenvalue weighted by atomic mass is 9.78. The van der Waals surface area contributed by atoms with Crippen molar-refractivity contribution in [3.05, 3.63) is 34.1 Å². The van der Waals surface area contributed by atoms with E-state index in [-0.39, 0.29) is 30.0 Å². The van der Waals surface area contributed by atoms with Gasteiger partial charge in [0.2, 0.25) is 5.75 Å². The first-order valence-corrected chi connectivity index (χ1v) is 7.74. The van der Waals surface area contributed by atoms with Gasteiger partial charge in [-0.25, -0.2) is 4.39 Å². The smallest absolute Gasteiger partial charge is 0.311 e. The van der Waals surface area contributed by atoms with Crippen LogP contribution in [0.4, 0.5) is 10.1 Å². The van der Waals surface area contributed by atoms with Crippen molar-refractivity contribution in [2.75, 3.05) is 6.61 Å². The number of halogens is 1. The van der Waals surface area contributed by atoms with Crippen LogP contribution in [0, 0.1) is 27.8 Å². The summed E-state index contributed by atoms with van der Waals surface area (Å²) in [5.74, 6) is -0.332. The Bertz CT molecular complexity index is 593. The number of nitrogens with one attached hydrogen (secondary N) is 1. The number of carbonyl (C=O) groups excluding carboxylic acids is 1. The van der Waals surface area contributed by atoms with Gasteiger partial charge in [0.1, 0.15) is 5.82 Å². The summed E-state index contributed by atoms with van der Waals surface area (Å²) < 4.78 is 18.3. The van der Waals surface area contributed by atoms with Gasteiger partial charge in [-0.1, -0.05) is 26.7 Å². The minimum Gasteiger partial charge on any atom is -0.477 e. The quantitative estimate of drug-likeness (QED) is 0.666. The van der Waals surface area contributed by atoms with Gasteiger partial charge in [0.25, 0.3) is 5.91 Å². The molecule has 7 heteroatoms. The van der Waals surface area contributed by atoms with Crippen molar-refractivity contribution >= 4 is 11.6 Å². The molecule has 1 aliphatic rings. The number of ether oxygens (including phenoxy) is 1. The molecule has 1 saturated carbocycles. The van der Waals surface area contributed by atoms with Crippen molar-refractivity contribution < 1.29 is 18.8 Å². The molecule has 3 atom stereocenters. The topological polar surface area (TPSA) is 81.5 Å². The Kier molecular flexibility index (Phi) is 5.52. The molecular formula is C16H21FN2O4. The van der Waals surface area contributed by atoms with E-state index in [1.165, 1.54) is 0 Å². The van der Waals surface area contributed by atoms with Crippen molar-refractivity contribution in [2.45, 2.75) is 39.2 Å². The molecule has 23 heavy (non-hydrogen) atoms. The number of amides is 1. The minimum absolute atomic E-state index is 0.0809. The Labute approximate surface area is 134 Å². The number of benzene rings is 1. The van der Waals surface area contributed by atoms with E-state index in [2.05, 4.69) is 19.2 Å². The van der Waals surface area contributed by atoms with E-state index in [0.29, 0.717) is 11.8 Å². The van der Waals surface area contributed by atoms with Gasteiger partial charge in [0.15, 0.2) is 6.61 Å². The van der Waals surface area contributed by atoms with Gasteiger partial charge < -0.3 is 10.1 Å². The first-order chi connectivity index (χ1) is 10.9. The number of hydrogen-bond donors (Lipinski definition) is 1. The predicted octanol–water partition coefficient (Wildman–Crippen LogP) is 3.05. The van der Waals surface area contributed by atoms with Crippen LogP contribution in [0.3, 0.4) is 0 Å². The number of carbonyl (C=O) groups is 1. The highest BCUT2D eigenvalue weighted by Gasteiger charge is 2.28. The standard InChI is InChI=1S/C16H21FN2O4/c1-10-4-3-5-13(11(10)2)18-16(20)9-23-15-8-12(17)6-7-14(15)19(21)22/h6-8,10-11,13H,3-5,9H2,1-2H3,(H,18,20)/t10-,11+,13+/m0/s1. The molecule has 0 unspecified atom stereocenters. The first kappa shape index (κ1) is 17.2. The highest BCUT2D eigenvalue weighted by Crippen LogP contribution is 2.30. The minimum atomic E-state index is -0.669. The number of nitrogens with zero attached hydrogens (tertiary/aromatic N) is 1. The average molecular weight is 324 g/mol. The van der Waals surface area contributed by atoms with Crippen LogP contribution in [-0.2, 0) is 4.79 Å². The molecule has 6 nitrogen and oxygen atoms in total. The Morgan fingerprint density at radius 2 is 2.17 bits per heavy atom. The van der Waals surface area contributed by atoms with Gasteiger partial charge >= 0.3 is 5.69 Å². The number of rotatable bonds is 5. The zero-order valence-corrected chi connectivity index (χ0v) is 13.3. The lowest BCUT2D eigenvalue weighted by Crippen LogP contribution is -2.45. The van der Waals surface area contributed by atoms with Crippen molar-refractivity contribution in [3.8, 4) is 5.75 Å². The summed E-state index contributed by atoms with van der Waals surface area (Å²) in [4.78, 5) is 22.2. The summed E-state index contributed by atoms with van der Waals surface area (Å²) >= 11 is 0. The fraction of sp³-hybridized carbons (Fsp3) is 0.562. The summed E-state index contributed by atoms with van der Waals surface area (Å²) in [6.07, 6.45) is 3.13. The van der Waals surface area contributed by atoms with Crippen LogP contribution >= 0.6 is 0 Å². The van der Waals surface area contributed by atoms with Crippen LogP contribution in [-0.4, -0.2) is 23.5 Å². The SMILES string of the molecule is C[C@@H]1[C@@H](C)CCC[C@H]1NC(=O)COc1cc(F)ccc1[N+](=O)[O-]. The van der Waals surface area contributed by atoms with E-state index in [1.54, 1.807) is 0 Å². The van der Waals surface area contributed by atoms with Crippen LogP contribution in [0.5, 0.6) is 5.75 Å². The summed E-state index contributed by atoms with van der Waals surface area (Å²) in [6, 6.07) is 3.00. The number of nitro groups is 1. The molecule has 0 spiro atoms. The molecule has 1 aromatic carbocycles. The van der Waals surface area contributed by atoms with Crippen molar-refractivity contribution in [1.29, 1.82) is 0 Å². The molecule has 1 N–H and O–H groups in total. The normalized spacial score (nSPS) is 24.0. The second kappa shape index (κ2) is 7.39. The highest BCUT2D eigenvalue weighted by atomic mass is 19.1. The Morgan fingerprint density at radius 3 is 2.87 bits per heavy atom. The molecule has 1 amide bonds. The van der Waals surface area contributed by atoms with Crippen LogP contribution in [0.2, 0.25) is 0 Å². The Balaban J connectivity index is 1.94. The van der Waals surface area contributed by atoms with Gasteiger partial charge in [-0.05, 0) is 24.3 Å². The van der Waals surface area contributed by atoms with Crippen LogP contribution in [0.25, 0.3) is 0 Å². The molecule has 0 bridgehead atoms. The second-order valence-corrected chi connectivity index (χ2v) is 6.10. The van der Waals surface area contributed by atoms with Gasteiger partial charge in [0.05, 0.1) is 4.92 Å².